The van der Waals surface area contributed by atoms with Crippen LogP contribution in [0.4, 0.5) is 0 Å². The first kappa shape index (κ1) is 20.8. The third kappa shape index (κ3) is 5.23. The minimum Gasteiger partial charge on any atom is -0.381 e. The van der Waals surface area contributed by atoms with Crippen LogP contribution in [0.3, 0.4) is 0 Å². The Morgan fingerprint density at radius 3 is 2.40 bits per heavy atom. The molecule has 140 valence electrons. The molecule has 0 aromatic heterocycles. The number of aliphatic imine (C=N–C) groups is 1. The summed E-state index contributed by atoms with van der Waals surface area (Å²) in [5.41, 5.74) is 7.44. The average Bonchev–Trinajstić information content (AvgIpc) is 2.90. The Hall–Kier alpha value is -0.530. The predicted molar refractivity (Wildman–Crippen MR) is 115 cm³/mol. The van der Waals surface area contributed by atoms with Crippen molar-refractivity contribution in [3.05, 3.63) is 34.9 Å². The van der Waals surface area contributed by atoms with Crippen molar-refractivity contribution in [3.63, 3.8) is 0 Å². The van der Waals surface area contributed by atoms with Gasteiger partial charge in [-0.3, -0.25) is 4.99 Å². The van der Waals surface area contributed by atoms with Gasteiger partial charge in [0.2, 0.25) is 0 Å². The number of hydrogen-bond acceptors (Lipinski definition) is 2. The Balaban J connectivity index is 0.00000225. The first-order valence-electron chi connectivity index (χ1n) is 9.09. The zero-order chi connectivity index (χ0) is 16.8. The average molecular weight is 478 g/mol. The third-order valence-electron chi connectivity index (χ3n) is 5.37. The lowest BCUT2D eigenvalue weighted by Gasteiger charge is -2.37. The molecule has 2 aliphatic heterocycles. The van der Waals surface area contributed by atoms with Crippen LogP contribution in [0, 0.1) is 0 Å². The number of likely N-dealkylation sites (tertiary alicyclic amines) is 1. The van der Waals surface area contributed by atoms with Crippen LogP contribution in [-0.4, -0.2) is 43.7 Å². The summed E-state index contributed by atoms with van der Waals surface area (Å²) in [6.45, 7) is 4.24. The van der Waals surface area contributed by atoms with Crippen LogP contribution in [0.5, 0.6) is 0 Å². The highest BCUT2D eigenvalue weighted by Crippen LogP contribution is 2.38. The van der Waals surface area contributed by atoms with Crippen molar-refractivity contribution >= 4 is 41.5 Å². The summed E-state index contributed by atoms with van der Waals surface area (Å²) in [5, 5.41) is 0.822. The summed E-state index contributed by atoms with van der Waals surface area (Å²) in [4.78, 5) is 7.05. The van der Waals surface area contributed by atoms with Gasteiger partial charge in [-0.25, -0.2) is 0 Å². The first-order chi connectivity index (χ1) is 11.7. The molecule has 0 radical (unpaired) electrons. The summed E-state index contributed by atoms with van der Waals surface area (Å²) in [5.74, 6) is 0.690. The highest BCUT2D eigenvalue weighted by Gasteiger charge is 2.36. The highest BCUT2D eigenvalue weighted by atomic mass is 127. The number of hydrogen-bond donors (Lipinski definition) is 1. The number of nitrogens with two attached hydrogens (primary N) is 1. The molecular formula is C19H29ClIN3O. The van der Waals surface area contributed by atoms with Gasteiger partial charge in [0.15, 0.2) is 5.96 Å². The van der Waals surface area contributed by atoms with Crippen LogP contribution in [0.1, 0.15) is 44.1 Å². The number of nitrogens with zero attached hydrogens (tertiary/aromatic N) is 2. The fourth-order valence-corrected chi connectivity index (χ4v) is 4.13. The molecule has 3 rings (SSSR count). The zero-order valence-electron chi connectivity index (χ0n) is 14.8. The third-order valence-corrected chi connectivity index (χ3v) is 5.70. The molecule has 6 heteroatoms. The van der Waals surface area contributed by atoms with Crippen molar-refractivity contribution < 1.29 is 4.74 Å². The lowest BCUT2D eigenvalue weighted by molar-refractivity contribution is 0.0531. The Morgan fingerprint density at radius 1 is 1.12 bits per heavy atom. The van der Waals surface area contributed by atoms with Crippen molar-refractivity contribution in [3.8, 4) is 0 Å². The van der Waals surface area contributed by atoms with Crippen LogP contribution in [-0.2, 0) is 10.2 Å². The molecular weight excluding hydrogens is 449 g/mol. The molecule has 2 fully saturated rings. The number of guanidine groups is 1. The second-order valence-corrected chi connectivity index (χ2v) is 7.36. The highest BCUT2D eigenvalue weighted by molar-refractivity contribution is 14.0. The van der Waals surface area contributed by atoms with Crippen molar-refractivity contribution in [2.45, 2.75) is 43.9 Å². The number of halogens is 2. The van der Waals surface area contributed by atoms with E-state index in [1.165, 1.54) is 31.2 Å². The SMILES string of the molecule is I.NC(=NCC1(c2ccccc2Cl)CCOCC1)N1CCCCCC1. The van der Waals surface area contributed by atoms with Crippen LogP contribution < -0.4 is 5.73 Å². The standard InChI is InChI=1S/C19H28ClN3O.HI/c20-17-8-4-3-7-16(17)19(9-13-24-14-10-19)15-22-18(21)23-11-5-1-2-6-12-23;/h3-4,7-8H,1-2,5-6,9-15H2,(H2,21,22);1H. The summed E-state index contributed by atoms with van der Waals surface area (Å²) >= 11 is 6.50. The second kappa shape index (κ2) is 9.97. The van der Waals surface area contributed by atoms with Crippen LogP contribution in [0.25, 0.3) is 0 Å². The normalized spacial score (nSPS) is 21.3. The van der Waals surface area contributed by atoms with Crippen molar-refractivity contribution in [2.75, 3.05) is 32.8 Å². The Labute approximate surface area is 173 Å². The maximum atomic E-state index is 6.50. The molecule has 25 heavy (non-hydrogen) atoms. The van der Waals surface area contributed by atoms with Gasteiger partial charge in [-0.05, 0) is 37.3 Å². The largest absolute Gasteiger partial charge is 0.381 e. The van der Waals surface area contributed by atoms with E-state index in [9.17, 15) is 0 Å². The van der Waals surface area contributed by atoms with E-state index in [0.29, 0.717) is 12.5 Å². The smallest absolute Gasteiger partial charge is 0.191 e. The van der Waals surface area contributed by atoms with Crippen molar-refractivity contribution in [1.82, 2.24) is 4.90 Å². The Kier molecular flexibility index (Phi) is 8.29. The van der Waals surface area contributed by atoms with Gasteiger partial charge in [-0.15, -0.1) is 24.0 Å². The number of ether oxygens (including phenoxy) is 1. The summed E-state index contributed by atoms with van der Waals surface area (Å²) in [6, 6.07) is 8.13. The lowest BCUT2D eigenvalue weighted by atomic mass is 9.74. The molecule has 0 unspecified atom stereocenters. The molecule has 2 heterocycles. The molecule has 1 aromatic carbocycles. The van der Waals surface area contributed by atoms with Gasteiger partial charge in [0, 0.05) is 36.7 Å². The molecule has 0 atom stereocenters. The van der Waals surface area contributed by atoms with Crippen LogP contribution >= 0.6 is 35.6 Å². The van der Waals surface area contributed by atoms with E-state index < -0.39 is 0 Å². The molecule has 0 bridgehead atoms. The first-order valence-corrected chi connectivity index (χ1v) is 9.47. The van der Waals surface area contributed by atoms with Gasteiger partial charge >= 0.3 is 0 Å². The molecule has 1 aromatic rings. The lowest BCUT2D eigenvalue weighted by Crippen LogP contribution is -2.41. The fraction of sp³-hybridized carbons (Fsp3) is 0.632. The predicted octanol–water partition coefficient (Wildman–Crippen LogP) is 4.20. The molecule has 0 saturated carbocycles. The fourth-order valence-electron chi connectivity index (χ4n) is 3.80. The Bertz CT molecular complexity index is 568. The number of rotatable bonds is 3. The van der Waals surface area contributed by atoms with E-state index in [2.05, 4.69) is 17.0 Å². The van der Waals surface area contributed by atoms with Gasteiger partial charge in [0.25, 0.3) is 0 Å². The van der Waals surface area contributed by atoms with E-state index in [1.807, 2.05) is 12.1 Å². The monoisotopic (exact) mass is 477 g/mol. The summed E-state index contributed by atoms with van der Waals surface area (Å²) in [7, 11) is 0. The zero-order valence-corrected chi connectivity index (χ0v) is 17.8. The van der Waals surface area contributed by atoms with Gasteiger partial charge in [0.1, 0.15) is 0 Å². The van der Waals surface area contributed by atoms with E-state index in [1.54, 1.807) is 0 Å². The topological polar surface area (TPSA) is 50.9 Å². The summed E-state index contributed by atoms with van der Waals surface area (Å²) < 4.78 is 5.59. The molecule has 4 nitrogen and oxygen atoms in total. The molecule has 0 spiro atoms. The van der Waals surface area contributed by atoms with Crippen LogP contribution in [0.2, 0.25) is 5.02 Å². The molecule has 2 N–H and O–H groups in total. The summed E-state index contributed by atoms with van der Waals surface area (Å²) in [6.07, 6.45) is 6.88. The molecule has 2 saturated heterocycles. The molecule has 2 aliphatic rings. The van der Waals surface area contributed by atoms with E-state index in [-0.39, 0.29) is 29.4 Å². The van der Waals surface area contributed by atoms with Gasteiger partial charge in [-0.2, -0.15) is 0 Å². The minimum atomic E-state index is -0.0624. The maximum Gasteiger partial charge on any atom is 0.191 e. The van der Waals surface area contributed by atoms with Gasteiger partial charge in [0.05, 0.1) is 6.54 Å². The van der Waals surface area contributed by atoms with Crippen LogP contribution in [0.15, 0.2) is 29.3 Å². The number of benzene rings is 1. The van der Waals surface area contributed by atoms with E-state index >= 15 is 0 Å². The second-order valence-electron chi connectivity index (χ2n) is 6.95. The minimum absolute atomic E-state index is 0. The van der Waals surface area contributed by atoms with Crippen molar-refractivity contribution in [1.29, 1.82) is 0 Å². The Morgan fingerprint density at radius 2 is 1.76 bits per heavy atom. The molecule has 0 aliphatic carbocycles. The van der Waals surface area contributed by atoms with Gasteiger partial charge in [-0.1, -0.05) is 42.6 Å². The van der Waals surface area contributed by atoms with Crippen molar-refractivity contribution in [2.24, 2.45) is 10.7 Å². The van der Waals surface area contributed by atoms with E-state index in [4.69, 9.17) is 27.1 Å². The molecule has 0 amide bonds. The quantitative estimate of drug-likeness (QED) is 0.403. The van der Waals surface area contributed by atoms with E-state index in [0.717, 1.165) is 44.2 Å². The maximum absolute atomic E-state index is 6.50. The van der Waals surface area contributed by atoms with Gasteiger partial charge < -0.3 is 15.4 Å².